The summed E-state index contributed by atoms with van der Waals surface area (Å²) >= 11 is 0.591. The van der Waals surface area contributed by atoms with Gasteiger partial charge in [-0.25, -0.2) is 14.2 Å². The fourth-order valence-corrected chi connectivity index (χ4v) is 4.64. The lowest BCUT2D eigenvalue weighted by Crippen LogP contribution is -2.38. The number of hydrogen-bond acceptors (Lipinski definition) is 6. The summed E-state index contributed by atoms with van der Waals surface area (Å²) in [7, 11) is 0. The van der Waals surface area contributed by atoms with Gasteiger partial charge < -0.3 is 9.47 Å². The minimum Gasteiger partial charge on any atom is -0.331 e. The number of aryl methyl sites for hydroxylation is 1. The highest BCUT2D eigenvalue weighted by molar-refractivity contribution is 7.12. The van der Waals surface area contributed by atoms with E-state index in [9.17, 15) is 22.4 Å². The fraction of sp³-hybridized carbons (Fsp3) is 0.300. The van der Waals surface area contributed by atoms with Crippen LogP contribution >= 0.6 is 11.3 Å². The number of fused-ring (bicyclic) bond motifs is 3. The number of alkyl halides is 3. The standard InChI is InChI=1S/C20H16F4N6OS/c1-11-25-18(27-19(31)30(11)9-13-3-5-16(32-13)20(22,23)24)28-6-7-29-15-4-2-12(21)8-14(15)26-17(29)10-28/h2-5,8H,6-7,9-10H2,1H3. The van der Waals surface area contributed by atoms with Crippen LogP contribution in [0.2, 0.25) is 0 Å². The second-order valence-corrected chi connectivity index (χ2v) is 8.61. The fourth-order valence-electron chi connectivity index (χ4n) is 3.77. The highest BCUT2D eigenvalue weighted by Gasteiger charge is 2.32. The van der Waals surface area contributed by atoms with Gasteiger partial charge in [0, 0.05) is 24.0 Å². The van der Waals surface area contributed by atoms with Crippen molar-refractivity contribution in [3.63, 3.8) is 0 Å². The number of halogens is 4. The largest absolute Gasteiger partial charge is 0.425 e. The van der Waals surface area contributed by atoms with Crippen molar-refractivity contribution in [3.05, 3.63) is 68.0 Å². The Hall–Kier alpha value is -3.28. The monoisotopic (exact) mass is 464 g/mol. The van der Waals surface area contributed by atoms with Crippen molar-refractivity contribution in [1.29, 1.82) is 0 Å². The highest BCUT2D eigenvalue weighted by atomic mass is 32.1. The van der Waals surface area contributed by atoms with Gasteiger partial charge in [-0.2, -0.15) is 23.1 Å². The van der Waals surface area contributed by atoms with E-state index in [0.29, 0.717) is 53.0 Å². The lowest BCUT2D eigenvalue weighted by Gasteiger charge is -2.28. The van der Waals surface area contributed by atoms with Crippen molar-refractivity contribution in [2.24, 2.45) is 0 Å². The first-order valence-electron chi connectivity index (χ1n) is 9.70. The molecule has 4 aromatic rings. The molecule has 5 rings (SSSR count). The van der Waals surface area contributed by atoms with Crippen molar-refractivity contribution < 1.29 is 17.6 Å². The molecule has 32 heavy (non-hydrogen) atoms. The first-order valence-corrected chi connectivity index (χ1v) is 10.5. The maximum absolute atomic E-state index is 13.5. The van der Waals surface area contributed by atoms with E-state index in [4.69, 9.17) is 0 Å². The number of anilines is 1. The predicted octanol–water partition coefficient (Wildman–Crippen LogP) is 3.58. The molecule has 0 spiro atoms. The second kappa shape index (κ2) is 7.40. The van der Waals surface area contributed by atoms with E-state index in [1.807, 2.05) is 9.47 Å². The number of hydrogen-bond donors (Lipinski definition) is 0. The number of imidazole rings is 1. The summed E-state index contributed by atoms with van der Waals surface area (Å²) in [5.74, 6) is 0.930. The van der Waals surface area contributed by atoms with Gasteiger partial charge in [0.2, 0.25) is 5.95 Å². The number of rotatable bonds is 3. The molecule has 0 radical (unpaired) electrons. The summed E-state index contributed by atoms with van der Waals surface area (Å²) in [6, 6.07) is 6.81. The molecule has 0 atom stereocenters. The summed E-state index contributed by atoms with van der Waals surface area (Å²) < 4.78 is 55.3. The molecule has 0 aliphatic carbocycles. The molecule has 12 heteroatoms. The summed E-state index contributed by atoms with van der Waals surface area (Å²) in [5.41, 5.74) is 0.807. The number of benzene rings is 1. The molecule has 1 aliphatic rings. The van der Waals surface area contributed by atoms with Gasteiger partial charge in [0.1, 0.15) is 22.3 Å². The van der Waals surface area contributed by atoms with Crippen LogP contribution in [0.25, 0.3) is 11.0 Å². The Kier molecular flexibility index (Phi) is 4.77. The average molecular weight is 464 g/mol. The van der Waals surface area contributed by atoms with Gasteiger partial charge in [-0.3, -0.25) is 4.57 Å². The molecule has 1 aliphatic heterocycles. The molecule has 0 unspecified atom stereocenters. The zero-order valence-electron chi connectivity index (χ0n) is 16.7. The van der Waals surface area contributed by atoms with Gasteiger partial charge in [-0.15, -0.1) is 11.3 Å². The van der Waals surface area contributed by atoms with Gasteiger partial charge in [0.25, 0.3) is 0 Å². The van der Waals surface area contributed by atoms with Crippen LogP contribution in [0.1, 0.15) is 21.4 Å². The van der Waals surface area contributed by atoms with Crippen LogP contribution in [0.15, 0.2) is 35.1 Å². The zero-order valence-corrected chi connectivity index (χ0v) is 17.5. The minimum absolute atomic E-state index is 0.0347. The van der Waals surface area contributed by atoms with Crippen LogP contribution in [0.4, 0.5) is 23.5 Å². The van der Waals surface area contributed by atoms with Crippen molar-refractivity contribution in [2.75, 3.05) is 11.4 Å². The van der Waals surface area contributed by atoms with Crippen LogP contribution in [0, 0.1) is 12.7 Å². The van der Waals surface area contributed by atoms with Gasteiger partial charge in [-0.05, 0) is 31.2 Å². The van der Waals surface area contributed by atoms with E-state index < -0.39 is 16.7 Å². The molecule has 0 N–H and O–H groups in total. The lowest BCUT2D eigenvalue weighted by molar-refractivity contribution is -0.134. The first kappa shape index (κ1) is 20.6. The Morgan fingerprint density at radius 2 is 1.91 bits per heavy atom. The van der Waals surface area contributed by atoms with Crippen LogP contribution in [0.5, 0.6) is 0 Å². The van der Waals surface area contributed by atoms with Crippen LogP contribution in [0.3, 0.4) is 0 Å². The number of nitrogens with zero attached hydrogens (tertiary/aromatic N) is 6. The van der Waals surface area contributed by atoms with Crippen LogP contribution in [-0.2, 0) is 25.8 Å². The molecular weight excluding hydrogens is 448 g/mol. The van der Waals surface area contributed by atoms with E-state index in [-0.39, 0.29) is 18.3 Å². The molecule has 0 saturated carbocycles. The summed E-state index contributed by atoms with van der Waals surface area (Å²) in [5, 5.41) is 0. The molecule has 3 aromatic heterocycles. The summed E-state index contributed by atoms with van der Waals surface area (Å²) in [6.45, 7) is 3.02. The van der Waals surface area contributed by atoms with Gasteiger partial charge in [-0.1, -0.05) is 0 Å². The lowest BCUT2D eigenvalue weighted by atomic mass is 10.3. The van der Waals surface area contributed by atoms with Gasteiger partial charge >= 0.3 is 11.9 Å². The van der Waals surface area contributed by atoms with E-state index in [1.165, 1.54) is 22.8 Å². The van der Waals surface area contributed by atoms with Crippen LogP contribution < -0.4 is 10.6 Å². The second-order valence-electron chi connectivity index (χ2n) is 7.44. The third-order valence-electron chi connectivity index (χ3n) is 5.33. The Labute approximate surface area is 182 Å². The molecule has 7 nitrogen and oxygen atoms in total. The summed E-state index contributed by atoms with van der Waals surface area (Å²) in [4.78, 5) is 27.1. The Morgan fingerprint density at radius 3 is 2.62 bits per heavy atom. The van der Waals surface area contributed by atoms with Crippen LogP contribution in [-0.4, -0.2) is 30.6 Å². The van der Waals surface area contributed by atoms with E-state index in [2.05, 4.69) is 15.0 Å². The average Bonchev–Trinajstić information content (AvgIpc) is 3.34. The number of aromatic nitrogens is 5. The Morgan fingerprint density at radius 1 is 1.09 bits per heavy atom. The molecular formula is C20H16F4N6OS. The third kappa shape index (κ3) is 3.64. The molecule has 4 heterocycles. The molecule has 0 amide bonds. The van der Waals surface area contributed by atoms with Crippen molar-refractivity contribution >= 4 is 28.3 Å². The van der Waals surface area contributed by atoms with E-state index in [0.717, 1.165) is 11.6 Å². The molecule has 0 saturated heterocycles. The van der Waals surface area contributed by atoms with Crippen molar-refractivity contribution in [2.45, 2.75) is 32.7 Å². The maximum Gasteiger partial charge on any atom is 0.425 e. The van der Waals surface area contributed by atoms with Crippen molar-refractivity contribution in [3.8, 4) is 0 Å². The zero-order chi connectivity index (χ0) is 22.6. The number of thiophene rings is 1. The first-order chi connectivity index (χ1) is 15.2. The van der Waals surface area contributed by atoms with E-state index in [1.54, 1.807) is 13.0 Å². The molecule has 166 valence electrons. The Balaban J connectivity index is 1.40. The minimum atomic E-state index is -4.42. The van der Waals surface area contributed by atoms with E-state index >= 15 is 0 Å². The molecule has 1 aromatic carbocycles. The summed E-state index contributed by atoms with van der Waals surface area (Å²) in [6.07, 6.45) is -4.42. The maximum atomic E-state index is 13.5. The Bertz CT molecular complexity index is 1390. The highest BCUT2D eigenvalue weighted by Crippen LogP contribution is 2.34. The quantitative estimate of drug-likeness (QED) is 0.434. The molecule has 0 bridgehead atoms. The predicted molar refractivity (Wildman–Crippen MR) is 110 cm³/mol. The molecule has 0 fully saturated rings. The SMILES string of the molecule is Cc1nc(N2CCn3c(nc4cc(F)ccc43)C2)nc(=O)n1Cc1ccc(C(F)(F)F)s1. The topological polar surface area (TPSA) is 68.8 Å². The normalized spacial score (nSPS) is 14.2. The van der Waals surface area contributed by atoms with Gasteiger partial charge in [0.15, 0.2) is 0 Å². The third-order valence-corrected chi connectivity index (χ3v) is 6.45. The van der Waals surface area contributed by atoms with Gasteiger partial charge in [0.05, 0.1) is 24.1 Å². The van der Waals surface area contributed by atoms with Crippen molar-refractivity contribution in [1.82, 2.24) is 24.1 Å². The smallest absolute Gasteiger partial charge is 0.331 e.